The highest BCUT2D eigenvalue weighted by atomic mass is 35.5. The predicted molar refractivity (Wildman–Crippen MR) is 98.4 cm³/mol. The lowest BCUT2D eigenvalue weighted by Crippen LogP contribution is -2.30. The van der Waals surface area contributed by atoms with Crippen molar-refractivity contribution in [1.82, 2.24) is 4.72 Å². The summed E-state index contributed by atoms with van der Waals surface area (Å²) in [7, 11) is -1.96. The number of ether oxygens (including phenoxy) is 1. The summed E-state index contributed by atoms with van der Waals surface area (Å²) in [6, 6.07) is 13.0. The van der Waals surface area contributed by atoms with Crippen LogP contribution in [0.25, 0.3) is 0 Å². The van der Waals surface area contributed by atoms with Crippen molar-refractivity contribution in [2.75, 3.05) is 18.7 Å². The molecule has 0 unspecified atom stereocenters. The Morgan fingerprint density at radius 3 is 2.36 bits per heavy atom. The highest BCUT2D eigenvalue weighted by Gasteiger charge is 2.20. The Morgan fingerprint density at radius 1 is 1.16 bits per heavy atom. The zero-order valence-corrected chi connectivity index (χ0v) is 15.4. The number of anilines is 1. The zero-order chi connectivity index (χ0) is 18.4. The molecule has 0 aliphatic heterocycles. The number of nitrogens with one attached hydrogen (secondary N) is 2. The number of carbonyl (C=O) groups is 1. The first-order valence-electron chi connectivity index (χ1n) is 7.44. The van der Waals surface area contributed by atoms with Crippen LogP contribution in [-0.2, 0) is 14.8 Å². The van der Waals surface area contributed by atoms with E-state index in [1.807, 2.05) is 0 Å². The molecule has 0 aliphatic rings. The molecule has 0 aromatic heterocycles. The van der Waals surface area contributed by atoms with E-state index in [1.54, 1.807) is 48.5 Å². The van der Waals surface area contributed by atoms with Crippen LogP contribution >= 0.6 is 11.6 Å². The van der Waals surface area contributed by atoms with Crippen molar-refractivity contribution in [1.29, 1.82) is 0 Å². The second-order valence-corrected chi connectivity index (χ2v) is 7.64. The third-order valence-electron chi connectivity index (χ3n) is 3.41. The second kappa shape index (κ2) is 8.33. The first kappa shape index (κ1) is 19.2. The van der Waals surface area contributed by atoms with Crippen molar-refractivity contribution in [2.24, 2.45) is 0 Å². The molecule has 2 aromatic carbocycles. The Labute approximate surface area is 152 Å². The van der Waals surface area contributed by atoms with Crippen LogP contribution in [0, 0.1) is 0 Å². The summed E-state index contributed by atoms with van der Waals surface area (Å²) in [5.41, 5.74) is 1.13. The molecule has 6 nitrogen and oxygen atoms in total. The number of carbonyl (C=O) groups excluding carboxylic acids is 1. The minimum atomic E-state index is -3.50. The Balaban J connectivity index is 2.17. The molecule has 0 spiro atoms. The largest absolute Gasteiger partial charge is 0.497 e. The Morgan fingerprint density at radius 2 is 1.80 bits per heavy atom. The summed E-state index contributed by atoms with van der Waals surface area (Å²) in [6.07, 6.45) is 0.972. The number of rotatable bonds is 7. The molecule has 0 bridgehead atoms. The minimum Gasteiger partial charge on any atom is -0.497 e. The van der Waals surface area contributed by atoms with Gasteiger partial charge in [0, 0.05) is 6.42 Å². The van der Waals surface area contributed by atoms with Crippen LogP contribution < -0.4 is 14.8 Å². The molecule has 1 atom stereocenters. The third kappa shape index (κ3) is 6.04. The van der Waals surface area contributed by atoms with Crippen LogP contribution in [0.4, 0.5) is 5.69 Å². The molecule has 2 N–H and O–H groups in total. The molecule has 0 heterocycles. The Hall–Kier alpha value is -2.09. The third-order valence-corrected chi connectivity index (χ3v) is 4.45. The number of benzene rings is 2. The molecular formula is C17H19ClN2O4S. The van der Waals surface area contributed by atoms with E-state index >= 15 is 0 Å². The maximum Gasteiger partial charge on any atom is 0.226 e. The van der Waals surface area contributed by atoms with Gasteiger partial charge in [0.25, 0.3) is 0 Å². The van der Waals surface area contributed by atoms with E-state index in [-0.39, 0.29) is 12.3 Å². The average Bonchev–Trinajstić information content (AvgIpc) is 2.55. The van der Waals surface area contributed by atoms with Gasteiger partial charge in [-0.05, 0) is 29.8 Å². The van der Waals surface area contributed by atoms with Gasteiger partial charge in [0.2, 0.25) is 15.9 Å². The van der Waals surface area contributed by atoms with Gasteiger partial charge in [0.15, 0.2) is 0 Å². The van der Waals surface area contributed by atoms with Gasteiger partial charge in [-0.25, -0.2) is 13.1 Å². The van der Waals surface area contributed by atoms with Crippen LogP contribution in [-0.4, -0.2) is 27.7 Å². The lowest BCUT2D eigenvalue weighted by atomic mass is 10.0. The maximum absolute atomic E-state index is 12.3. The van der Waals surface area contributed by atoms with Gasteiger partial charge < -0.3 is 10.1 Å². The summed E-state index contributed by atoms with van der Waals surface area (Å²) >= 11 is 6.02. The van der Waals surface area contributed by atoms with E-state index in [9.17, 15) is 13.2 Å². The lowest BCUT2D eigenvalue weighted by Gasteiger charge is -2.18. The van der Waals surface area contributed by atoms with Gasteiger partial charge in [-0.1, -0.05) is 35.9 Å². The van der Waals surface area contributed by atoms with Crippen LogP contribution in [0.5, 0.6) is 5.75 Å². The molecule has 1 amide bonds. The smallest absolute Gasteiger partial charge is 0.226 e. The standard InChI is InChI=1S/C17H19ClN2O4S/c1-24-13-9-7-12(8-10-13)16(20-25(2,22)23)11-17(21)19-15-6-4-3-5-14(15)18/h3-10,16,20H,11H2,1-2H3,(H,19,21)/t16-/m1/s1. The predicted octanol–water partition coefficient (Wildman–Crippen LogP) is 2.97. The van der Waals surface area contributed by atoms with Crippen LogP contribution in [0.2, 0.25) is 5.02 Å². The number of sulfonamides is 1. The first-order chi connectivity index (χ1) is 11.8. The summed E-state index contributed by atoms with van der Waals surface area (Å²) in [5.74, 6) is 0.285. The van der Waals surface area contributed by atoms with Gasteiger partial charge in [-0.2, -0.15) is 0 Å². The SMILES string of the molecule is COc1ccc([C@@H](CC(=O)Nc2ccccc2Cl)NS(C)(=O)=O)cc1. The van der Waals surface area contributed by atoms with E-state index in [1.165, 1.54) is 7.11 Å². The van der Waals surface area contributed by atoms with E-state index in [4.69, 9.17) is 16.3 Å². The van der Waals surface area contributed by atoms with E-state index in [0.717, 1.165) is 6.26 Å². The molecule has 0 saturated heterocycles. The van der Waals surface area contributed by atoms with Crippen molar-refractivity contribution in [3.8, 4) is 5.75 Å². The molecule has 0 fully saturated rings. The summed E-state index contributed by atoms with van der Waals surface area (Å²) in [5, 5.41) is 3.10. The quantitative estimate of drug-likeness (QED) is 0.771. The Bertz CT molecular complexity index is 838. The van der Waals surface area contributed by atoms with Crippen molar-refractivity contribution in [3.63, 3.8) is 0 Å². The van der Waals surface area contributed by atoms with E-state index in [2.05, 4.69) is 10.0 Å². The van der Waals surface area contributed by atoms with Crippen molar-refractivity contribution in [3.05, 3.63) is 59.1 Å². The molecule has 134 valence electrons. The zero-order valence-electron chi connectivity index (χ0n) is 13.8. The topological polar surface area (TPSA) is 84.5 Å². The fourth-order valence-corrected chi connectivity index (χ4v) is 3.19. The normalized spacial score (nSPS) is 12.4. The van der Waals surface area contributed by atoms with E-state index in [0.29, 0.717) is 22.0 Å². The van der Waals surface area contributed by atoms with Gasteiger partial charge in [0.1, 0.15) is 5.75 Å². The number of para-hydroxylation sites is 1. The molecular weight excluding hydrogens is 364 g/mol. The van der Waals surface area contributed by atoms with Crippen molar-refractivity contribution in [2.45, 2.75) is 12.5 Å². The highest BCUT2D eigenvalue weighted by Crippen LogP contribution is 2.24. The van der Waals surface area contributed by atoms with Gasteiger partial charge >= 0.3 is 0 Å². The molecule has 0 aliphatic carbocycles. The lowest BCUT2D eigenvalue weighted by molar-refractivity contribution is -0.116. The number of hydrogen-bond acceptors (Lipinski definition) is 4. The van der Waals surface area contributed by atoms with Gasteiger partial charge in [-0.3, -0.25) is 4.79 Å². The van der Waals surface area contributed by atoms with E-state index < -0.39 is 16.1 Å². The first-order valence-corrected chi connectivity index (χ1v) is 9.71. The van der Waals surface area contributed by atoms with Crippen LogP contribution in [0.1, 0.15) is 18.0 Å². The summed E-state index contributed by atoms with van der Waals surface area (Å²) < 4.78 is 30.9. The van der Waals surface area contributed by atoms with Gasteiger partial charge in [0.05, 0.1) is 30.1 Å². The fraction of sp³-hybridized carbons (Fsp3) is 0.235. The highest BCUT2D eigenvalue weighted by molar-refractivity contribution is 7.88. The van der Waals surface area contributed by atoms with Crippen LogP contribution in [0.15, 0.2) is 48.5 Å². The molecule has 0 radical (unpaired) electrons. The summed E-state index contributed by atoms with van der Waals surface area (Å²) in [6.45, 7) is 0. The molecule has 2 aromatic rings. The van der Waals surface area contributed by atoms with Crippen molar-refractivity contribution >= 4 is 33.2 Å². The van der Waals surface area contributed by atoms with Crippen molar-refractivity contribution < 1.29 is 17.9 Å². The molecule has 8 heteroatoms. The fourth-order valence-electron chi connectivity index (χ4n) is 2.27. The number of amides is 1. The second-order valence-electron chi connectivity index (χ2n) is 5.45. The van der Waals surface area contributed by atoms with Gasteiger partial charge in [-0.15, -0.1) is 0 Å². The number of halogens is 1. The maximum atomic E-state index is 12.3. The monoisotopic (exact) mass is 382 g/mol. The summed E-state index contributed by atoms with van der Waals surface area (Å²) in [4.78, 5) is 12.3. The number of hydrogen-bond donors (Lipinski definition) is 2. The number of methoxy groups -OCH3 is 1. The Kier molecular flexibility index (Phi) is 6.41. The average molecular weight is 383 g/mol. The molecule has 25 heavy (non-hydrogen) atoms. The minimum absolute atomic E-state index is 0.0787. The molecule has 0 saturated carbocycles. The van der Waals surface area contributed by atoms with Crippen LogP contribution in [0.3, 0.4) is 0 Å². The molecule has 2 rings (SSSR count).